The first-order valence-corrected chi connectivity index (χ1v) is 5.86. The van der Waals surface area contributed by atoms with Gasteiger partial charge in [-0.15, -0.1) is 0 Å². The number of benzene rings is 1. The van der Waals surface area contributed by atoms with Crippen molar-refractivity contribution in [3.8, 4) is 0 Å². The average Bonchev–Trinajstić information content (AvgIpc) is 3.15. The highest BCUT2D eigenvalue weighted by molar-refractivity contribution is 5.93. The standard InChI is InChI=1S/C13H16N2O3/c1-9(16)15(12-7-8-12)11-5-3-10(4-6-11)14-13(17)18-2/h3-6,12H,7-8H2,1-2H3,(H,14,17). The van der Waals surface area contributed by atoms with Crippen LogP contribution in [0, 0.1) is 0 Å². The van der Waals surface area contributed by atoms with Crippen molar-refractivity contribution in [2.75, 3.05) is 17.3 Å². The van der Waals surface area contributed by atoms with Crippen molar-refractivity contribution >= 4 is 23.4 Å². The molecule has 5 heteroatoms. The summed E-state index contributed by atoms with van der Waals surface area (Å²) in [6, 6.07) is 7.49. The Kier molecular flexibility index (Phi) is 3.50. The quantitative estimate of drug-likeness (QED) is 0.893. The van der Waals surface area contributed by atoms with Crippen LogP contribution in [0.25, 0.3) is 0 Å². The van der Waals surface area contributed by atoms with E-state index < -0.39 is 6.09 Å². The number of methoxy groups -OCH3 is 1. The van der Waals surface area contributed by atoms with Crippen molar-refractivity contribution < 1.29 is 14.3 Å². The lowest BCUT2D eigenvalue weighted by Crippen LogP contribution is -2.30. The van der Waals surface area contributed by atoms with E-state index in [1.165, 1.54) is 7.11 Å². The molecule has 0 spiro atoms. The Bertz CT molecular complexity index is 452. The highest BCUT2D eigenvalue weighted by Gasteiger charge is 2.31. The van der Waals surface area contributed by atoms with Gasteiger partial charge in [0, 0.05) is 24.3 Å². The molecule has 1 aliphatic carbocycles. The minimum absolute atomic E-state index is 0.0474. The third kappa shape index (κ3) is 2.80. The van der Waals surface area contributed by atoms with Gasteiger partial charge in [0.05, 0.1) is 7.11 Å². The van der Waals surface area contributed by atoms with Crippen LogP contribution in [-0.4, -0.2) is 25.2 Å². The molecule has 0 aliphatic heterocycles. The Balaban J connectivity index is 2.10. The van der Waals surface area contributed by atoms with E-state index in [4.69, 9.17) is 0 Å². The largest absolute Gasteiger partial charge is 0.453 e. The smallest absolute Gasteiger partial charge is 0.411 e. The summed E-state index contributed by atoms with van der Waals surface area (Å²) in [5, 5.41) is 2.57. The number of hydrogen-bond acceptors (Lipinski definition) is 3. The van der Waals surface area contributed by atoms with Gasteiger partial charge in [-0.3, -0.25) is 10.1 Å². The van der Waals surface area contributed by atoms with Gasteiger partial charge in [-0.25, -0.2) is 4.79 Å². The van der Waals surface area contributed by atoms with Crippen LogP contribution < -0.4 is 10.2 Å². The van der Waals surface area contributed by atoms with Gasteiger partial charge in [-0.1, -0.05) is 0 Å². The minimum atomic E-state index is -0.506. The number of rotatable bonds is 3. The molecule has 0 bridgehead atoms. The summed E-state index contributed by atoms with van der Waals surface area (Å²) in [7, 11) is 1.31. The number of ether oxygens (including phenoxy) is 1. The van der Waals surface area contributed by atoms with E-state index in [9.17, 15) is 9.59 Å². The van der Waals surface area contributed by atoms with E-state index in [0.29, 0.717) is 11.7 Å². The molecule has 18 heavy (non-hydrogen) atoms. The fraction of sp³-hybridized carbons (Fsp3) is 0.385. The molecule has 0 heterocycles. The van der Waals surface area contributed by atoms with Gasteiger partial charge in [0.15, 0.2) is 0 Å². The van der Waals surface area contributed by atoms with Gasteiger partial charge in [-0.05, 0) is 37.1 Å². The highest BCUT2D eigenvalue weighted by atomic mass is 16.5. The lowest BCUT2D eigenvalue weighted by Gasteiger charge is -2.20. The molecule has 1 aliphatic rings. The summed E-state index contributed by atoms with van der Waals surface area (Å²) in [6.45, 7) is 1.57. The molecule has 96 valence electrons. The fourth-order valence-electron chi connectivity index (χ4n) is 1.86. The Morgan fingerprint density at radius 2 is 1.89 bits per heavy atom. The van der Waals surface area contributed by atoms with Crippen LogP contribution in [0.2, 0.25) is 0 Å². The van der Waals surface area contributed by atoms with Crippen LogP contribution in [0.15, 0.2) is 24.3 Å². The zero-order valence-corrected chi connectivity index (χ0v) is 10.5. The summed E-state index contributed by atoms with van der Waals surface area (Å²) in [5.41, 5.74) is 1.50. The van der Waals surface area contributed by atoms with Crippen molar-refractivity contribution in [2.24, 2.45) is 0 Å². The molecular formula is C13H16N2O3. The van der Waals surface area contributed by atoms with E-state index in [1.54, 1.807) is 24.0 Å². The molecule has 1 fully saturated rings. The summed E-state index contributed by atoms with van der Waals surface area (Å²) in [5.74, 6) is 0.0474. The van der Waals surface area contributed by atoms with Gasteiger partial charge in [0.1, 0.15) is 0 Å². The molecule has 0 radical (unpaired) electrons. The Morgan fingerprint density at radius 1 is 1.28 bits per heavy atom. The second kappa shape index (κ2) is 5.08. The van der Waals surface area contributed by atoms with Crippen LogP contribution in [0.1, 0.15) is 19.8 Å². The van der Waals surface area contributed by atoms with Crippen LogP contribution in [0.3, 0.4) is 0 Å². The summed E-state index contributed by atoms with van der Waals surface area (Å²) in [6.07, 6.45) is 1.61. The molecule has 1 N–H and O–H groups in total. The summed E-state index contributed by atoms with van der Waals surface area (Å²) in [4.78, 5) is 24.4. The predicted molar refractivity (Wildman–Crippen MR) is 68.7 cm³/mol. The second-order valence-electron chi connectivity index (χ2n) is 4.28. The van der Waals surface area contributed by atoms with Crippen molar-refractivity contribution in [2.45, 2.75) is 25.8 Å². The zero-order valence-electron chi connectivity index (χ0n) is 10.5. The van der Waals surface area contributed by atoms with E-state index >= 15 is 0 Å². The normalized spacial score (nSPS) is 13.9. The topological polar surface area (TPSA) is 58.6 Å². The number of nitrogens with zero attached hydrogens (tertiary/aromatic N) is 1. The fourth-order valence-corrected chi connectivity index (χ4v) is 1.86. The van der Waals surface area contributed by atoms with E-state index in [1.807, 2.05) is 12.1 Å². The number of anilines is 2. The SMILES string of the molecule is COC(=O)Nc1ccc(N(C(C)=O)C2CC2)cc1. The number of carbonyl (C=O) groups is 2. The first kappa shape index (κ1) is 12.4. The lowest BCUT2D eigenvalue weighted by atomic mass is 10.2. The highest BCUT2D eigenvalue weighted by Crippen LogP contribution is 2.32. The van der Waals surface area contributed by atoms with Crippen LogP contribution in [0.5, 0.6) is 0 Å². The van der Waals surface area contributed by atoms with Gasteiger partial charge < -0.3 is 9.64 Å². The maximum atomic E-state index is 11.6. The van der Waals surface area contributed by atoms with E-state index in [-0.39, 0.29) is 5.91 Å². The van der Waals surface area contributed by atoms with Crippen molar-refractivity contribution in [1.29, 1.82) is 0 Å². The van der Waals surface area contributed by atoms with Crippen LogP contribution >= 0.6 is 0 Å². The molecule has 1 aromatic carbocycles. The Morgan fingerprint density at radius 3 is 2.33 bits per heavy atom. The van der Waals surface area contributed by atoms with Crippen LogP contribution in [-0.2, 0) is 9.53 Å². The second-order valence-corrected chi connectivity index (χ2v) is 4.28. The van der Waals surface area contributed by atoms with Gasteiger partial charge in [-0.2, -0.15) is 0 Å². The van der Waals surface area contributed by atoms with E-state index in [0.717, 1.165) is 18.5 Å². The third-order valence-corrected chi connectivity index (χ3v) is 2.83. The first-order chi connectivity index (χ1) is 8.61. The van der Waals surface area contributed by atoms with Crippen LogP contribution in [0.4, 0.5) is 16.2 Å². The molecule has 2 rings (SSSR count). The lowest BCUT2D eigenvalue weighted by molar-refractivity contribution is -0.116. The molecule has 0 saturated heterocycles. The molecule has 2 amide bonds. The van der Waals surface area contributed by atoms with Crippen molar-refractivity contribution in [3.05, 3.63) is 24.3 Å². The van der Waals surface area contributed by atoms with Gasteiger partial charge in [0.2, 0.25) is 5.91 Å². The number of hydrogen-bond donors (Lipinski definition) is 1. The van der Waals surface area contributed by atoms with E-state index in [2.05, 4.69) is 10.1 Å². The third-order valence-electron chi connectivity index (χ3n) is 2.83. The number of amides is 2. The molecule has 5 nitrogen and oxygen atoms in total. The molecule has 0 unspecified atom stereocenters. The number of nitrogens with one attached hydrogen (secondary N) is 1. The van der Waals surface area contributed by atoms with Gasteiger partial charge >= 0.3 is 6.09 Å². The Hall–Kier alpha value is -2.04. The maximum absolute atomic E-state index is 11.6. The monoisotopic (exact) mass is 248 g/mol. The molecule has 1 saturated carbocycles. The summed E-state index contributed by atoms with van der Waals surface area (Å²) < 4.78 is 4.50. The predicted octanol–water partition coefficient (Wildman–Crippen LogP) is 2.38. The summed E-state index contributed by atoms with van der Waals surface area (Å²) >= 11 is 0. The zero-order chi connectivity index (χ0) is 13.1. The Labute approximate surface area is 106 Å². The molecule has 0 aromatic heterocycles. The average molecular weight is 248 g/mol. The minimum Gasteiger partial charge on any atom is -0.453 e. The molecule has 0 atom stereocenters. The van der Waals surface area contributed by atoms with Crippen molar-refractivity contribution in [3.63, 3.8) is 0 Å². The van der Waals surface area contributed by atoms with Gasteiger partial charge in [0.25, 0.3) is 0 Å². The first-order valence-electron chi connectivity index (χ1n) is 5.86. The number of carbonyl (C=O) groups excluding carboxylic acids is 2. The molecule has 1 aromatic rings. The van der Waals surface area contributed by atoms with Crippen molar-refractivity contribution in [1.82, 2.24) is 0 Å². The molecular weight excluding hydrogens is 232 g/mol. The maximum Gasteiger partial charge on any atom is 0.411 e.